The summed E-state index contributed by atoms with van der Waals surface area (Å²) in [4.78, 5) is 12.7. The first-order chi connectivity index (χ1) is 6.27. The van der Waals surface area contributed by atoms with Crippen molar-refractivity contribution in [3.8, 4) is 5.75 Å². The largest absolute Gasteiger partial charge is 0.497 e. The number of carbonyl (C=O) groups excluding carboxylic acids is 1. The Morgan fingerprint density at radius 3 is 2.54 bits per heavy atom. The van der Waals surface area contributed by atoms with Gasteiger partial charge in [0.15, 0.2) is 0 Å². The molecule has 68 valence electrons. The van der Waals surface area contributed by atoms with E-state index in [4.69, 9.17) is 4.74 Å². The minimum absolute atomic E-state index is 0.309. The van der Waals surface area contributed by atoms with Gasteiger partial charge in [-0.15, -0.1) is 0 Å². The van der Waals surface area contributed by atoms with E-state index in [1.165, 1.54) is 19.2 Å². The van der Waals surface area contributed by atoms with Gasteiger partial charge in [0.25, 0.3) is 0 Å². The molecule has 0 heterocycles. The van der Waals surface area contributed by atoms with Crippen LogP contribution in [0.5, 0.6) is 5.75 Å². The number of hydrogen-bond donors (Lipinski definition) is 0. The Labute approximate surface area is 74.9 Å². The maximum Gasteiger partial charge on any atom is 0.238 e. The lowest BCUT2D eigenvalue weighted by Crippen LogP contribution is -1.88. The van der Waals surface area contributed by atoms with E-state index in [1.807, 2.05) is 0 Å². The Hall–Kier alpha value is -1.67. The maximum absolute atomic E-state index is 12.9. The van der Waals surface area contributed by atoms with Crippen molar-refractivity contribution >= 4 is 6.08 Å². The first-order valence-corrected chi connectivity index (χ1v) is 3.63. The normalized spacial score (nSPS) is 11.5. The average Bonchev–Trinajstić information content (AvgIpc) is 2.18. The second-order valence-electron chi connectivity index (χ2n) is 2.33. The van der Waals surface area contributed by atoms with Gasteiger partial charge in [0.2, 0.25) is 12.4 Å². The SMILES string of the molecule is COc1ccc(C(F)N=C=O)cc1. The fourth-order valence-corrected chi connectivity index (χ4v) is 0.884. The molecule has 0 radical (unpaired) electrons. The molecule has 0 amide bonds. The zero-order valence-corrected chi connectivity index (χ0v) is 7.03. The first-order valence-electron chi connectivity index (χ1n) is 3.63. The Kier molecular flexibility index (Phi) is 3.17. The maximum atomic E-state index is 12.9. The summed E-state index contributed by atoms with van der Waals surface area (Å²) in [6.07, 6.45) is -0.472. The number of ether oxygens (including phenoxy) is 1. The van der Waals surface area contributed by atoms with Crippen molar-refractivity contribution < 1.29 is 13.9 Å². The number of methoxy groups -OCH3 is 1. The molecule has 4 heteroatoms. The fourth-order valence-electron chi connectivity index (χ4n) is 0.884. The van der Waals surface area contributed by atoms with Crippen LogP contribution in [0, 0.1) is 0 Å². The zero-order chi connectivity index (χ0) is 9.68. The molecule has 0 aliphatic heterocycles. The van der Waals surface area contributed by atoms with E-state index < -0.39 is 6.30 Å². The molecule has 1 rings (SSSR count). The minimum Gasteiger partial charge on any atom is -0.497 e. The molecule has 1 aromatic carbocycles. The van der Waals surface area contributed by atoms with Crippen molar-refractivity contribution in [3.05, 3.63) is 29.8 Å². The third kappa shape index (κ3) is 2.39. The van der Waals surface area contributed by atoms with Crippen molar-refractivity contribution in [2.24, 2.45) is 4.99 Å². The summed E-state index contributed by atoms with van der Waals surface area (Å²) in [6, 6.07) is 6.21. The van der Waals surface area contributed by atoms with Crippen molar-refractivity contribution in [1.82, 2.24) is 0 Å². The van der Waals surface area contributed by atoms with Crippen molar-refractivity contribution in [3.63, 3.8) is 0 Å². The molecule has 3 nitrogen and oxygen atoms in total. The Balaban J connectivity index is 2.85. The predicted molar refractivity (Wildman–Crippen MR) is 45.0 cm³/mol. The summed E-state index contributed by atoms with van der Waals surface area (Å²) in [5.41, 5.74) is 0.309. The van der Waals surface area contributed by atoms with E-state index >= 15 is 0 Å². The highest BCUT2D eigenvalue weighted by molar-refractivity contribution is 5.35. The van der Waals surface area contributed by atoms with E-state index in [1.54, 1.807) is 12.1 Å². The van der Waals surface area contributed by atoms with Crippen LogP contribution < -0.4 is 4.74 Å². The number of nitrogens with zero attached hydrogens (tertiary/aromatic N) is 1. The Morgan fingerprint density at radius 1 is 1.46 bits per heavy atom. The van der Waals surface area contributed by atoms with Crippen molar-refractivity contribution in [1.29, 1.82) is 0 Å². The van der Waals surface area contributed by atoms with E-state index in [2.05, 4.69) is 4.99 Å². The quantitative estimate of drug-likeness (QED) is 0.406. The molecular formula is C9H8FNO2. The number of rotatable bonds is 3. The smallest absolute Gasteiger partial charge is 0.238 e. The number of benzene rings is 1. The Bertz CT molecular complexity index is 317. The van der Waals surface area contributed by atoms with E-state index in [-0.39, 0.29) is 0 Å². The predicted octanol–water partition coefficient (Wildman–Crippen LogP) is 2.00. The molecule has 1 atom stereocenters. The second kappa shape index (κ2) is 4.38. The zero-order valence-electron chi connectivity index (χ0n) is 7.03. The number of isocyanates is 1. The summed E-state index contributed by atoms with van der Waals surface area (Å²) in [5.74, 6) is 0.631. The van der Waals surface area contributed by atoms with Gasteiger partial charge in [-0.1, -0.05) is 12.1 Å². The standard InChI is InChI=1S/C9H8FNO2/c1-13-8-4-2-7(3-5-8)9(10)11-6-12/h2-5,9H,1H3. The van der Waals surface area contributed by atoms with Gasteiger partial charge < -0.3 is 4.74 Å². The second-order valence-corrected chi connectivity index (χ2v) is 2.33. The van der Waals surface area contributed by atoms with Crippen molar-refractivity contribution in [2.75, 3.05) is 7.11 Å². The van der Waals surface area contributed by atoms with E-state index in [0.717, 1.165) is 6.08 Å². The lowest BCUT2D eigenvalue weighted by atomic mass is 10.2. The molecule has 0 N–H and O–H groups in total. The highest BCUT2D eigenvalue weighted by Crippen LogP contribution is 2.20. The highest BCUT2D eigenvalue weighted by Gasteiger charge is 2.06. The van der Waals surface area contributed by atoms with Gasteiger partial charge in [-0.3, -0.25) is 0 Å². The monoisotopic (exact) mass is 181 g/mol. The van der Waals surface area contributed by atoms with Crippen molar-refractivity contribution in [2.45, 2.75) is 6.30 Å². The summed E-state index contributed by atoms with van der Waals surface area (Å²) in [7, 11) is 1.52. The molecule has 1 unspecified atom stereocenters. The molecule has 0 aliphatic rings. The lowest BCUT2D eigenvalue weighted by Gasteiger charge is -2.02. The van der Waals surface area contributed by atoms with Gasteiger partial charge >= 0.3 is 0 Å². The van der Waals surface area contributed by atoms with Crippen LogP contribution in [-0.4, -0.2) is 13.2 Å². The van der Waals surface area contributed by atoms with Crippen LogP contribution >= 0.6 is 0 Å². The molecule has 0 bridgehead atoms. The molecule has 0 aromatic heterocycles. The number of alkyl halides is 1. The summed E-state index contributed by atoms with van der Waals surface area (Å²) < 4.78 is 17.8. The first kappa shape index (κ1) is 9.42. The third-order valence-corrected chi connectivity index (χ3v) is 1.56. The van der Waals surface area contributed by atoms with Crippen LogP contribution in [0.25, 0.3) is 0 Å². The number of halogens is 1. The highest BCUT2D eigenvalue weighted by atomic mass is 19.1. The van der Waals surface area contributed by atoms with Crippen LogP contribution in [0.15, 0.2) is 29.3 Å². The van der Waals surface area contributed by atoms with Crippen LogP contribution in [0.4, 0.5) is 4.39 Å². The molecule has 0 aliphatic carbocycles. The van der Waals surface area contributed by atoms with Gasteiger partial charge in [-0.25, -0.2) is 9.18 Å². The topological polar surface area (TPSA) is 38.7 Å². The minimum atomic E-state index is -1.64. The summed E-state index contributed by atoms with van der Waals surface area (Å²) in [5, 5.41) is 0. The molecule has 0 spiro atoms. The fraction of sp³-hybridized carbons (Fsp3) is 0.222. The van der Waals surface area contributed by atoms with Gasteiger partial charge in [0.05, 0.1) is 7.11 Å². The molecule has 13 heavy (non-hydrogen) atoms. The summed E-state index contributed by atoms with van der Waals surface area (Å²) in [6.45, 7) is 0. The van der Waals surface area contributed by atoms with Gasteiger partial charge in [-0.05, 0) is 12.1 Å². The van der Waals surface area contributed by atoms with E-state index in [9.17, 15) is 9.18 Å². The number of hydrogen-bond acceptors (Lipinski definition) is 3. The van der Waals surface area contributed by atoms with Gasteiger partial charge in [0, 0.05) is 5.56 Å². The molecular weight excluding hydrogens is 173 g/mol. The van der Waals surface area contributed by atoms with Crippen LogP contribution in [0.1, 0.15) is 11.9 Å². The van der Waals surface area contributed by atoms with Crippen LogP contribution in [-0.2, 0) is 4.79 Å². The average molecular weight is 181 g/mol. The van der Waals surface area contributed by atoms with Crippen LogP contribution in [0.3, 0.4) is 0 Å². The Morgan fingerprint density at radius 2 is 2.08 bits per heavy atom. The summed E-state index contributed by atoms with van der Waals surface area (Å²) >= 11 is 0. The molecule has 0 saturated heterocycles. The molecule has 0 fully saturated rings. The lowest BCUT2D eigenvalue weighted by molar-refractivity contribution is 0.355. The van der Waals surface area contributed by atoms with Crippen LogP contribution in [0.2, 0.25) is 0 Å². The molecule has 0 saturated carbocycles. The third-order valence-electron chi connectivity index (χ3n) is 1.56. The number of aliphatic imine (C=N–C) groups is 1. The molecule has 1 aromatic rings. The van der Waals surface area contributed by atoms with Gasteiger partial charge in [0.1, 0.15) is 5.75 Å². The van der Waals surface area contributed by atoms with Gasteiger partial charge in [-0.2, -0.15) is 4.99 Å². The van der Waals surface area contributed by atoms with E-state index in [0.29, 0.717) is 11.3 Å².